The number of aromatic nitrogens is 3. The largest absolute Gasteiger partial charge is 0.446 e. The summed E-state index contributed by atoms with van der Waals surface area (Å²) in [5.74, 6) is 1.05. The van der Waals surface area contributed by atoms with Crippen molar-refractivity contribution in [3.05, 3.63) is 69.5 Å². The first kappa shape index (κ1) is 17.9. The monoisotopic (exact) mass is 431 g/mol. The molecule has 4 aromatic heterocycles. The average molecular weight is 432 g/mol. The Morgan fingerprint density at radius 3 is 2.93 bits per heavy atom. The number of fused-ring (bicyclic) bond motifs is 4. The van der Waals surface area contributed by atoms with Gasteiger partial charge in [-0.2, -0.15) is 0 Å². The van der Waals surface area contributed by atoms with Crippen molar-refractivity contribution >= 4 is 44.2 Å². The van der Waals surface area contributed by atoms with E-state index in [1.54, 1.807) is 17.5 Å². The van der Waals surface area contributed by atoms with Crippen molar-refractivity contribution in [2.75, 3.05) is 0 Å². The molecule has 0 aliphatic heterocycles. The summed E-state index contributed by atoms with van der Waals surface area (Å²) in [7, 11) is 0. The Bertz CT molecular complexity index is 1460. The molecule has 1 aliphatic carbocycles. The summed E-state index contributed by atoms with van der Waals surface area (Å²) >= 11 is 3.16. The van der Waals surface area contributed by atoms with Crippen molar-refractivity contribution in [2.24, 2.45) is 0 Å². The maximum atomic E-state index is 12.8. The van der Waals surface area contributed by atoms with Gasteiger partial charge in [-0.15, -0.1) is 11.3 Å². The predicted molar refractivity (Wildman–Crippen MR) is 120 cm³/mol. The zero-order chi connectivity index (χ0) is 20.1. The van der Waals surface area contributed by atoms with Gasteiger partial charge in [-0.05, 0) is 67.3 Å². The Labute approximate surface area is 180 Å². The number of aryl methyl sites for hydroxylation is 2. The molecule has 0 unspecified atom stereocenters. The fourth-order valence-electron chi connectivity index (χ4n) is 4.05. The zero-order valence-electron chi connectivity index (χ0n) is 16.0. The summed E-state index contributed by atoms with van der Waals surface area (Å²) in [5.41, 5.74) is 2.07. The third kappa shape index (κ3) is 2.97. The van der Waals surface area contributed by atoms with Crippen molar-refractivity contribution in [2.45, 2.75) is 35.7 Å². The molecule has 1 aromatic carbocycles. The Balaban J connectivity index is 1.37. The van der Waals surface area contributed by atoms with Crippen molar-refractivity contribution in [1.82, 2.24) is 15.0 Å². The van der Waals surface area contributed by atoms with Crippen LogP contribution in [0.25, 0.3) is 32.7 Å². The van der Waals surface area contributed by atoms with E-state index in [0.717, 1.165) is 50.4 Å². The van der Waals surface area contributed by atoms with Crippen LogP contribution < -0.4 is 5.56 Å². The molecule has 0 saturated heterocycles. The summed E-state index contributed by atoms with van der Waals surface area (Å²) in [6, 6.07) is 13.8. The van der Waals surface area contributed by atoms with E-state index in [1.807, 2.05) is 42.5 Å². The van der Waals surface area contributed by atoms with Gasteiger partial charge in [-0.3, -0.25) is 9.78 Å². The second-order valence-electron chi connectivity index (χ2n) is 7.36. The maximum absolute atomic E-state index is 12.8. The molecular weight excluding hydrogens is 414 g/mol. The van der Waals surface area contributed by atoms with E-state index in [4.69, 9.17) is 9.40 Å². The predicted octanol–water partition coefficient (Wildman–Crippen LogP) is 5.82. The number of H-pyrrole nitrogens is 1. The van der Waals surface area contributed by atoms with Crippen LogP contribution >= 0.6 is 23.1 Å². The van der Waals surface area contributed by atoms with Gasteiger partial charge in [0.25, 0.3) is 5.56 Å². The number of pyridine rings is 1. The lowest BCUT2D eigenvalue weighted by molar-refractivity contribution is 0.485. The van der Waals surface area contributed by atoms with Crippen molar-refractivity contribution in [3.8, 4) is 11.6 Å². The van der Waals surface area contributed by atoms with Crippen LogP contribution in [0.3, 0.4) is 0 Å². The number of aromatic amines is 1. The van der Waals surface area contributed by atoms with Gasteiger partial charge in [0.15, 0.2) is 16.7 Å². The SMILES string of the molecule is O=c1[nH]c(-c2ccc(Sc3cccc4cccnc34)o2)nc2sc3c(c12)CCCC3. The number of furan rings is 1. The summed E-state index contributed by atoms with van der Waals surface area (Å²) in [6.45, 7) is 0. The quantitative estimate of drug-likeness (QED) is 0.389. The normalized spacial score (nSPS) is 13.7. The number of hydrogen-bond donors (Lipinski definition) is 1. The van der Waals surface area contributed by atoms with E-state index < -0.39 is 0 Å². The minimum absolute atomic E-state index is 0.0711. The molecule has 0 fully saturated rings. The van der Waals surface area contributed by atoms with E-state index in [0.29, 0.717) is 11.6 Å². The van der Waals surface area contributed by atoms with Crippen LogP contribution in [0.4, 0.5) is 0 Å². The van der Waals surface area contributed by atoms with Crippen LogP contribution in [0.5, 0.6) is 0 Å². The van der Waals surface area contributed by atoms with Crippen molar-refractivity contribution in [1.29, 1.82) is 0 Å². The lowest BCUT2D eigenvalue weighted by Crippen LogP contribution is -2.10. The number of para-hydroxylation sites is 1. The van der Waals surface area contributed by atoms with Crippen LogP contribution in [0.15, 0.2) is 67.9 Å². The first-order valence-corrected chi connectivity index (χ1v) is 11.6. The fraction of sp³-hybridized carbons (Fsp3) is 0.174. The lowest BCUT2D eigenvalue weighted by atomic mass is 9.97. The Morgan fingerprint density at radius 2 is 1.97 bits per heavy atom. The molecular formula is C23H17N3O2S2. The Morgan fingerprint density at radius 1 is 1.07 bits per heavy atom. The van der Waals surface area contributed by atoms with E-state index >= 15 is 0 Å². The number of rotatable bonds is 3. The number of nitrogens with zero attached hydrogens (tertiary/aromatic N) is 2. The molecule has 5 aromatic rings. The molecule has 0 saturated carbocycles. The van der Waals surface area contributed by atoms with Gasteiger partial charge in [0, 0.05) is 21.4 Å². The van der Waals surface area contributed by atoms with E-state index in [-0.39, 0.29) is 5.56 Å². The first-order valence-electron chi connectivity index (χ1n) is 9.93. The van der Waals surface area contributed by atoms with E-state index in [9.17, 15) is 4.79 Å². The average Bonchev–Trinajstić information content (AvgIpc) is 3.38. The van der Waals surface area contributed by atoms with Gasteiger partial charge >= 0.3 is 0 Å². The van der Waals surface area contributed by atoms with E-state index in [2.05, 4.69) is 9.97 Å². The molecule has 0 bridgehead atoms. The maximum Gasteiger partial charge on any atom is 0.260 e. The summed E-state index contributed by atoms with van der Waals surface area (Å²) < 4.78 is 6.04. The lowest BCUT2D eigenvalue weighted by Gasteiger charge is -2.09. The highest BCUT2D eigenvalue weighted by atomic mass is 32.2. The molecule has 1 N–H and O–H groups in total. The Kier molecular flexibility index (Phi) is 4.24. The molecule has 6 rings (SSSR count). The van der Waals surface area contributed by atoms with Crippen molar-refractivity contribution in [3.63, 3.8) is 0 Å². The minimum atomic E-state index is -0.0711. The fourth-order valence-corrected chi connectivity index (χ4v) is 6.21. The molecule has 7 heteroatoms. The van der Waals surface area contributed by atoms with Crippen molar-refractivity contribution < 1.29 is 4.42 Å². The van der Waals surface area contributed by atoms with Gasteiger partial charge in [0.2, 0.25) is 0 Å². The molecule has 0 atom stereocenters. The second kappa shape index (κ2) is 7.11. The number of benzene rings is 1. The van der Waals surface area contributed by atoms with Crippen LogP contribution in [-0.4, -0.2) is 15.0 Å². The highest BCUT2D eigenvalue weighted by molar-refractivity contribution is 7.99. The zero-order valence-corrected chi connectivity index (χ0v) is 17.6. The van der Waals surface area contributed by atoms with Gasteiger partial charge < -0.3 is 9.40 Å². The molecule has 0 amide bonds. The molecule has 148 valence electrons. The molecule has 0 radical (unpaired) electrons. The highest BCUT2D eigenvalue weighted by Crippen LogP contribution is 2.37. The highest BCUT2D eigenvalue weighted by Gasteiger charge is 2.21. The van der Waals surface area contributed by atoms with Gasteiger partial charge in [0.05, 0.1) is 10.9 Å². The minimum Gasteiger partial charge on any atom is -0.446 e. The standard InChI is InChI=1S/C23H17N3O2S2/c27-22-19-14-7-1-2-8-16(14)30-23(19)26-21(25-22)15-10-11-18(28-15)29-17-9-3-5-13-6-4-12-24-20(13)17/h3-6,9-12H,1-2,7-8H2,(H,25,26,27). The first-order chi connectivity index (χ1) is 14.8. The summed E-state index contributed by atoms with van der Waals surface area (Å²) in [4.78, 5) is 28.1. The van der Waals surface area contributed by atoms with E-state index in [1.165, 1.54) is 28.6 Å². The molecule has 5 nitrogen and oxygen atoms in total. The molecule has 30 heavy (non-hydrogen) atoms. The summed E-state index contributed by atoms with van der Waals surface area (Å²) in [5, 5.41) is 2.59. The molecule has 0 spiro atoms. The van der Waals surface area contributed by atoms with Crippen LogP contribution in [-0.2, 0) is 12.8 Å². The summed E-state index contributed by atoms with van der Waals surface area (Å²) in [6.07, 6.45) is 6.14. The van der Waals surface area contributed by atoms with Gasteiger partial charge in [-0.25, -0.2) is 4.98 Å². The van der Waals surface area contributed by atoms with Crippen LogP contribution in [0.2, 0.25) is 0 Å². The van der Waals surface area contributed by atoms with Gasteiger partial charge in [0.1, 0.15) is 4.83 Å². The third-order valence-electron chi connectivity index (χ3n) is 5.45. The second-order valence-corrected chi connectivity index (χ2v) is 9.49. The number of thiophene rings is 1. The van der Waals surface area contributed by atoms with Crippen LogP contribution in [0.1, 0.15) is 23.3 Å². The topological polar surface area (TPSA) is 71.8 Å². The number of nitrogens with one attached hydrogen (secondary N) is 1. The molecule has 1 aliphatic rings. The number of hydrogen-bond acceptors (Lipinski definition) is 6. The molecule has 4 heterocycles. The smallest absolute Gasteiger partial charge is 0.260 e. The Hall–Kier alpha value is -2.90. The van der Waals surface area contributed by atoms with Gasteiger partial charge in [-0.1, -0.05) is 18.2 Å². The third-order valence-corrected chi connectivity index (χ3v) is 7.60. The van der Waals surface area contributed by atoms with Crippen LogP contribution in [0, 0.1) is 0 Å².